The quantitative estimate of drug-likeness (QED) is 0.827. The second-order valence-corrected chi connectivity index (χ2v) is 4.04. The van der Waals surface area contributed by atoms with E-state index in [2.05, 4.69) is 0 Å². The zero-order valence-electron chi connectivity index (χ0n) is 9.77. The molecule has 0 amide bonds. The lowest BCUT2D eigenvalue weighted by Crippen LogP contribution is -2.26. The molecular weight excluding hydrogens is 209 g/mol. The highest BCUT2D eigenvalue weighted by Crippen LogP contribution is 2.22. The third-order valence-electron chi connectivity index (χ3n) is 2.47. The number of halogens is 1. The largest absolute Gasteiger partial charge is 0.485 e. The Balaban J connectivity index is 2.83. The van der Waals surface area contributed by atoms with E-state index in [4.69, 9.17) is 10.5 Å². The molecule has 0 saturated carbocycles. The maximum atomic E-state index is 13.6. The average Bonchev–Trinajstić information content (AvgIpc) is 2.20. The van der Waals surface area contributed by atoms with Crippen LogP contribution in [-0.4, -0.2) is 17.3 Å². The summed E-state index contributed by atoms with van der Waals surface area (Å²) in [4.78, 5) is 0. The van der Waals surface area contributed by atoms with Crippen LogP contribution < -0.4 is 10.5 Å². The summed E-state index contributed by atoms with van der Waals surface area (Å²) in [7, 11) is 0. The van der Waals surface area contributed by atoms with Crippen LogP contribution in [-0.2, 0) is 0 Å². The number of benzene rings is 1. The lowest BCUT2D eigenvalue weighted by atomic mass is 10.1. The highest BCUT2D eigenvalue weighted by Gasteiger charge is 2.14. The molecule has 0 aliphatic heterocycles. The van der Waals surface area contributed by atoms with Gasteiger partial charge in [-0.2, -0.15) is 0 Å². The van der Waals surface area contributed by atoms with Crippen LogP contribution in [0.15, 0.2) is 18.2 Å². The van der Waals surface area contributed by atoms with Crippen LogP contribution >= 0.6 is 0 Å². The van der Waals surface area contributed by atoms with Gasteiger partial charge in [0.15, 0.2) is 11.6 Å². The van der Waals surface area contributed by atoms with Gasteiger partial charge < -0.3 is 15.6 Å². The summed E-state index contributed by atoms with van der Waals surface area (Å²) in [5.41, 5.74) is 6.35. The fraction of sp³-hybridized carbons (Fsp3) is 0.500. The van der Waals surface area contributed by atoms with Crippen molar-refractivity contribution in [2.24, 2.45) is 5.73 Å². The molecule has 1 aromatic carbocycles. The Bertz CT molecular complexity index is 353. The van der Waals surface area contributed by atoms with Crippen molar-refractivity contribution >= 4 is 0 Å². The molecule has 3 nitrogen and oxygen atoms in total. The molecule has 1 aromatic rings. The molecule has 3 N–H and O–H groups in total. The maximum absolute atomic E-state index is 13.6. The smallest absolute Gasteiger partial charge is 0.165 e. The van der Waals surface area contributed by atoms with Crippen LogP contribution in [0.4, 0.5) is 4.39 Å². The third-order valence-corrected chi connectivity index (χ3v) is 2.47. The van der Waals surface area contributed by atoms with Gasteiger partial charge in [-0.3, -0.25) is 0 Å². The fourth-order valence-corrected chi connectivity index (χ4v) is 1.19. The fourth-order valence-electron chi connectivity index (χ4n) is 1.19. The number of hydrogen-bond acceptors (Lipinski definition) is 3. The number of rotatable bonds is 4. The van der Waals surface area contributed by atoms with E-state index in [0.717, 1.165) is 5.56 Å². The monoisotopic (exact) mass is 227 g/mol. The molecule has 0 bridgehead atoms. The minimum Gasteiger partial charge on any atom is -0.485 e. The molecule has 0 aromatic heterocycles. The minimum absolute atomic E-state index is 0.137. The first-order chi connectivity index (χ1) is 7.41. The molecule has 0 heterocycles. The predicted octanol–water partition coefficient (Wildman–Crippen LogP) is 1.99. The van der Waals surface area contributed by atoms with Crippen molar-refractivity contribution < 1.29 is 14.2 Å². The average molecular weight is 227 g/mol. The Morgan fingerprint density at radius 3 is 2.38 bits per heavy atom. The second kappa shape index (κ2) is 5.27. The van der Waals surface area contributed by atoms with Crippen molar-refractivity contribution in [3.63, 3.8) is 0 Å². The van der Waals surface area contributed by atoms with E-state index in [1.54, 1.807) is 26.8 Å². The van der Waals surface area contributed by atoms with E-state index in [1.807, 2.05) is 0 Å². The first-order valence-electron chi connectivity index (χ1n) is 5.31. The molecular formula is C12H18FNO2. The number of aliphatic hydroxyl groups excluding tert-OH is 1. The van der Waals surface area contributed by atoms with Crippen molar-refractivity contribution in [2.45, 2.75) is 39.0 Å². The molecule has 2 unspecified atom stereocenters. The summed E-state index contributed by atoms with van der Waals surface area (Å²) in [5, 5.41) is 9.25. The second-order valence-electron chi connectivity index (χ2n) is 4.04. The Morgan fingerprint density at radius 2 is 1.94 bits per heavy atom. The van der Waals surface area contributed by atoms with Gasteiger partial charge in [-0.1, -0.05) is 6.07 Å². The summed E-state index contributed by atoms with van der Waals surface area (Å²) in [6, 6.07) is 4.40. The van der Waals surface area contributed by atoms with E-state index >= 15 is 0 Å². The molecule has 1 rings (SSSR count). The number of ether oxygens (including phenoxy) is 1. The molecule has 0 spiro atoms. The summed E-state index contributed by atoms with van der Waals surface area (Å²) in [6.07, 6.45) is -1.09. The summed E-state index contributed by atoms with van der Waals surface area (Å²) >= 11 is 0. The van der Waals surface area contributed by atoms with Crippen molar-refractivity contribution in [1.82, 2.24) is 0 Å². The Hall–Kier alpha value is -1.13. The van der Waals surface area contributed by atoms with Crippen molar-refractivity contribution in [3.8, 4) is 5.75 Å². The lowest BCUT2D eigenvalue weighted by Gasteiger charge is -2.18. The minimum atomic E-state index is -0.646. The zero-order chi connectivity index (χ0) is 12.3. The van der Waals surface area contributed by atoms with Gasteiger partial charge in [0.2, 0.25) is 0 Å². The summed E-state index contributed by atoms with van der Waals surface area (Å²) in [6.45, 7) is 5.07. The van der Waals surface area contributed by atoms with E-state index in [9.17, 15) is 9.50 Å². The highest BCUT2D eigenvalue weighted by molar-refractivity contribution is 5.30. The van der Waals surface area contributed by atoms with Crippen LogP contribution in [0.3, 0.4) is 0 Å². The standard InChI is InChI=1S/C12H18FNO2/c1-7(14)10-4-5-12(11(13)6-10)16-9(3)8(2)15/h4-9,15H,14H2,1-3H3/t7-,8?,9?/m1/s1. The molecule has 3 atom stereocenters. The molecule has 0 aliphatic rings. The number of hydrogen-bond donors (Lipinski definition) is 2. The van der Waals surface area contributed by atoms with Crippen LogP contribution in [0.2, 0.25) is 0 Å². The van der Waals surface area contributed by atoms with E-state index in [-0.39, 0.29) is 11.8 Å². The number of nitrogens with two attached hydrogens (primary N) is 1. The summed E-state index contributed by atoms with van der Waals surface area (Å²) < 4.78 is 18.8. The third kappa shape index (κ3) is 3.18. The predicted molar refractivity (Wildman–Crippen MR) is 60.8 cm³/mol. The van der Waals surface area contributed by atoms with Gasteiger partial charge >= 0.3 is 0 Å². The van der Waals surface area contributed by atoms with Crippen molar-refractivity contribution in [3.05, 3.63) is 29.6 Å². The van der Waals surface area contributed by atoms with Gasteiger partial charge in [-0.25, -0.2) is 4.39 Å². The molecule has 0 radical (unpaired) electrons. The van der Waals surface area contributed by atoms with Crippen molar-refractivity contribution in [2.75, 3.05) is 0 Å². The maximum Gasteiger partial charge on any atom is 0.165 e. The van der Waals surface area contributed by atoms with Crippen LogP contribution in [0.1, 0.15) is 32.4 Å². The molecule has 0 saturated heterocycles. The molecule has 16 heavy (non-hydrogen) atoms. The molecule has 0 fully saturated rings. The summed E-state index contributed by atoms with van der Waals surface area (Å²) in [5.74, 6) is -0.319. The van der Waals surface area contributed by atoms with Crippen LogP contribution in [0, 0.1) is 5.82 Å². The van der Waals surface area contributed by atoms with Gasteiger partial charge in [0.25, 0.3) is 0 Å². The highest BCUT2D eigenvalue weighted by atomic mass is 19.1. The topological polar surface area (TPSA) is 55.5 Å². The molecule has 0 aliphatic carbocycles. The molecule has 90 valence electrons. The van der Waals surface area contributed by atoms with E-state index in [0.29, 0.717) is 0 Å². The van der Waals surface area contributed by atoms with Gasteiger partial charge in [0, 0.05) is 6.04 Å². The van der Waals surface area contributed by atoms with Gasteiger partial charge in [-0.15, -0.1) is 0 Å². The first kappa shape index (κ1) is 12.9. The lowest BCUT2D eigenvalue weighted by molar-refractivity contribution is 0.0579. The van der Waals surface area contributed by atoms with Gasteiger partial charge in [-0.05, 0) is 38.5 Å². The van der Waals surface area contributed by atoms with E-state index in [1.165, 1.54) is 12.1 Å². The van der Waals surface area contributed by atoms with Gasteiger partial charge in [0.05, 0.1) is 6.10 Å². The van der Waals surface area contributed by atoms with E-state index < -0.39 is 18.0 Å². The normalized spacial score (nSPS) is 16.6. The SMILES string of the molecule is CC(O)C(C)Oc1ccc([C@@H](C)N)cc1F. The van der Waals surface area contributed by atoms with Crippen molar-refractivity contribution in [1.29, 1.82) is 0 Å². The zero-order valence-corrected chi connectivity index (χ0v) is 9.77. The Kier molecular flexibility index (Phi) is 4.26. The van der Waals surface area contributed by atoms with Crippen LogP contribution in [0.5, 0.6) is 5.75 Å². The van der Waals surface area contributed by atoms with Gasteiger partial charge in [0.1, 0.15) is 6.10 Å². The molecule has 4 heteroatoms. The first-order valence-corrected chi connectivity index (χ1v) is 5.31. The van der Waals surface area contributed by atoms with Crippen LogP contribution in [0.25, 0.3) is 0 Å². The Labute approximate surface area is 95.0 Å². The Morgan fingerprint density at radius 1 is 1.31 bits per heavy atom. The number of aliphatic hydroxyl groups is 1.